The maximum atomic E-state index is 11.9. The quantitative estimate of drug-likeness (QED) is 0.937. The molecule has 1 aromatic heterocycles. The number of carbonyl (C=O) groups is 1. The summed E-state index contributed by atoms with van der Waals surface area (Å²) in [5.74, 6) is -1.08. The molecule has 0 saturated heterocycles. The molecule has 2 aromatic rings. The Kier molecular flexibility index (Phi) is 4.36. The molecule has 1 N–H and O–H groups in total. The average Bonchev–Trinajstić information content (AvgIpc) is 2.41. The summed E-state index contributed by atoms with van der Waals surface area (Å²) < 4.78 is 25.8. The van der Waals surface area contributed by atoms with Gasteiger partial charge in [0.15, 0.2) is 0 Å². The minimum absolute atomic E-state index is 0.176. The molecule has 7 heteroatoms. The average molecular weight is 311 g/mol. The fourth-order valence-corrected chi connectivity index (χ4v) is 2.97. The summed E-state index contributed by atoms with van der Waals surface area (Å²) in [4.78, 5) is 15.5. The molecule has 0 fully saturated rings. The fraction of sp³-hybridized carbons (Fsp3) is 0.0769. The molecule has 1 aromatic carbocycles. The van der Waals surface area contributed by atoms with Gasteiger partial charge in [0.05, 0.1) is 11.3 Å². The van der Waals surface area contributed by atoms with Crippen LogP contribution in [-0.2, 0) is 15.8 Å². The predicted molar refractivity (Wildman–Crippen MR) is 75.8 cm³/mol. The van der Waals surface area contributed by atoms with E-state index in [4.69, 9.17) is 11.6 Å². The molecular formula is C13H11ClN2O3S. The van der Waals surface area contributed by atoms with Gasteiger partial charge in [-0.1, -0.05) is 29.8 Å². The van der Waals surface area contributed by atoms with Crippen LogP contribution in [0.4, 0.5) is 0 Å². The Morgan fingerprint density at radius 1 is 1.20 bits per heavy atom. The van der Waals surface area contributed by atoms with Crippen molar-refractivity contribution in [2.45, 2.75) is 5.75 Å². The number of nitrogens with one attached hydrogen (secondary N) is 1. The highest BCUT2D eigenvalue weighted by Crippen LogP contribution is 2.17. The number of amides is 1. The van der Waals surface area contributed by atoms with Gasteiger partial charge in [0.2, 0.25) is 10.0 Å². The molecule has 1 amide bonds. The van der Waals surface area contributed by atoms with Crippen LogP contribution in [0.3, 0.4) is 0 Å². The standard InChI is InChI=1S/C13H11ClN2O3S/c14-12-6-2-1-4-11(12)9-20(18,19)16-13(17)10-5-3-7-15-8-10/h1-8H,9H2,(H,16,17). The van der Waals surface area contributed by atoms with Crippen molar-refractivity contribution in [3.63, 3.8) is 0 Å². The van der Waals surface area contributed by atoms with Crippen molar-refractivity contribution in [1.82, 2.24) is 9.71 Å². The van der Waals surface area contributed by atoms with Crippen LogP contribution in [0.5, 0.6) is 0 Å². The number of halogens is 1. The lowest BCUT2D eigenvalue weighted by atomic mass is 10.2. The van der Waals surface area contributed by atoms with E-state index < -0.39 is 15.9 Å². The van der Waals surface area contributed by atoms with E-state index in [1.165, 1.54) is 18.5 Å². The molecule has 0 unspecified atom stereocenters. The minimum Gasteiger partial charge on any atom is -0.268 e. The van der Waals surface area contributed by atoms with E-state index >= 15 is 0 Å². The number of hydrogen-bond donors (Lipinski definition) is 1. The van der Waals surface area contributed by atoms with Gasteiger partial charge in [-0.25, -0.2) is 13.1 Å². The zero-order chi connectivity index (χ0) is 14.6. The second kappa shape index (κ2) is 6.02. The summed E-state index contributed by atoms with van der Waals surface area (Å²) in [6.07, 6.45) is 2.79. The monoisotopic (exact) mass is 310 g/mol. The van der Waals surface area contributed by atoms with Gasteiger partial charge < -0.3 is 0 Å². The Morgan fingerprint density at radius 2 is 1.95 bits per heavy atom. The molecule has 0 aliphatic carbocycles. The number of rotatable bonds is 4. The largest absolute Gasteiger partial charge is 0.268 e. The summed E-state index contributed by atoms with van der Waals surface area (Å²) >= 11 is 5.90. The van der Waals surface area contributed by atoms with Crippen LogP contribution in [0.1, 0.15) is 15.9 Å². The van der Waals surface area contributed by atoms with Gasteiger partial charge in [0.25, 0.3) is 5.91 Å². The van der Waals surface area contributed by atoms with E-state index in [1.54, 1.807) is 30.3 Å². The molecule has 5 nitrogen and oxygen atoms in total. The smallest absolute Gasteiger partial charge is 0.266 e. The first-order chi connectivity index (χ1) is 9.48. The lowest BCUT2D eigenvalue weighted by Gasteiger charge is -2.07. The lowest BCUT2D eigenvalue weighted by molar-refractivity contribution is 0.0981. The number of pyridine rings is 1. The molecule has 1 heterocycles. The maximum Gasteiger partial charge on any atom is 0.266 e. The summed E-state index contributed by atoms with van der Waals surface area (Å²) in [6.45, 7) is 0. The number of carbonyl (C=O) groups excluding carboxylic acids is 1. The van der Waals surface area contributed by atoms with E-state index in [2.05, 4.69) is 4.98 Å². The zero-order valence-corrected chi connectivity index (χ0v) is 11.9. The van der Waals surface area contributed by atoms with Crippen LogP contribution < -0.4 is 4.72 Å². The molecule has 104 valence electrons. The first-order valence-electron chi connectivity index (χ1n) is 5.66. The van der Waals surface area contributed by atoms with Crippen LogP contribution in [-0.4, -0.2) is 19.3 Å². The Hall–Kier alpha value is -1.92. The molecular weight excluding hydrogens is 300 g/mol. The highest BCUT2D eigenvalue weighted by Gasteiger charge is 2.18. The molecule has 0 aliphatic rings. The number of hydrogen-bond acceptors (Lipinski definition) is 4. The van der Waals surface area contributed by atoms with E-state index in [9.17, 15) is 13.2 Å². The van der Waals surface area contributed by atoms with Crippen LogP contribution in [0.2, 0.25) is 5.02 Å². The molecule has 0 radical (unpaired) electrons. The topological polar surface area (TPSA) is 76.1 Å². The summed E-state index contributed by atoms with van der Waals surface area (Å²) in [6, 6.07) is 9.60. The second-order valence-corrected chi connectivity index (χ2v) is 6.15. The van der Waals surface area contributed by atoms with Crippen molar-refractivity contribution in [3.05, 3.63) is 64.9 Å². The number of aromatic nitrogens is 1. The van der Waals surface area contributed by atoms with E-state index in [0.29, 0.717) is 10.6 Å². The van der Waals surface area contributed by atoms with Crippen LogP contribution in [0.15, 0.2) is 48.8 Å². The first kappa shape index (κ1) is 14.5. The van der Waals surface area contributed by atoms with Gasteiger partial charge >= 0.3 is 0 Å². The second-order valence-electron chi connectivity index (χ2n) is 4.02. The predicted octanol–water partition coefficient (Wildman–Crippen LogP) is 1.99. The van der Waals surface area contributed by atoms with Gasteiger partial charge in [-0.15, -0.1) is 0 Å². The van der Waals surface area contributed by atoms with Gasteiger partial charge in [0, 0.05) is 17.4 Å². The molecule has 0 bridgehead atoms. The highest BCUT2D eigenvalue weighted by molar-refractivity contribution is 7.89. The van der Waals surface area contributed by atoms with Crippen molar-refractivity contribution in [3.8, 4) is 0 Å². The first-order valence-corrected chi connectivity index (χ1v) is 7.69. The molecule has 0 saturated carbocycles. The Balaban J connectivity index is 2.13. The molecule has 0 atom stereocenters. The minimum atomic E-state index is -3.82. The number of nitrogens with zero attached hydrogens (tertiary/aromatic N) is 1. The summed E-state index contributed by atoms with van der Waals surface area (Å²) in [7, 11) is -3.82. The van der Waals surface area contributed by atoms with Crippen LogP contribution >= 0.6 is 11.6 Å². The van der Waals surface area contributed by atoms with Gasteiger partial charge in [-0.3, -0.25) is 9.78 Å². The molecule has 20 heavy (non-hydrogen) atoms. The van der Waals surface area contributed by atoms with E-state index in [1.807, 2.05) is 4.72 Å². The van der Waals surface area contributed by atoms with Crippen LogP contribution in [0, 0.1) is 0 Å². The number of benzene rings is 1. The van der Waals surface area contributed by atoms with Crippen LogP contribution in [0.25, 0.3) is 0 Å². The van der Waals surface area contributed by atoms with Crippen molar-refractivity contribution in [2.24, 2.45) is 0 Å². The van der Waals surface area contributed by atoms with Crippen molar-refractivity contribution < 1.29 is 13.2 Å². The maximum absolute atomic E-state index is 11.9. The Labute approximate surface area is 121 Å². The van der Waals surface area contributed by atoms with E-state index in [0.717, 1.165) is 0 Å². The number of sulfonamides is 1. The SMILES string of the molecule is O=C(NS(=O)(=O)Cc1ccccc1Cl)c1cccnc1. The summed E-state index contributed by atoms with van der Waals surface area (Å²) in [5, 5.41) is 0.340. The zero-order valence-electron chi connectivity index (χ0n) is 10.3. The third-order valence-electron chi connectivity index (χ3n) is 2.48. The van der Waals surface area contributed by atoms with Crippen molar-refractivity contribution in [1.29, 1.82) is 0 Å². The van der Waals surface area contributed by atoms with Gasteiger partial charge in [-0.2, -0.15) is 0 Å². The highest BCUT2D eigenvalue weighted by atomic mass is 35.5. The third-order valence-corrected chi connectivity index (χ3v) is 4.03. The molecule has 0 aliphatic heterocycles. The van der Waals surface area contributed by atoms with Gasteiger partial charge in [-0.05, 0) is 23.8 Å². The third kappa shape index (κ3) is 3.79. The van der Waals surface area contributed by atoms with Crippen molar-refractivity contribution >= 4 is 27.5 Å². The lowest BCUT2D eigenvalue weighted by Crippen LogP contribution is -2.31. The molecule has 0 spiro atoms. The molecule has 2 rings (SSSR count). The summed E-state index contributed by atoms with van der Waals surface area (Å²) in [5.41, 5.74) is 0.607. The Bertz CT molecular complexity index is 717. The van der Waals surface area contributed by atoms with Crippen molar-refractivity contribution in [2.75, 3.05) is 0 Å². The van der Waals surface area contributed by atoms with Gasteiger partial charge in [0.1, 0.15) is 0 Å². The van der Waals surface area contributed by atoms with E-state index in [-0.39, 0.29) is 11.3 Å². The Morgan fingerprint density at radius 3 is 2.60 bits per heavy atom. The fourth-order valence-electron chi connectivity index (χ4n) is 1.55. The normalized spacial score (nSPS) is 11.1.